The molecule has 1 amide bonds. The first-order chi connectivity index (χ1) is 11.9. The molecule has 0 unspecified atom stereocenters. The summed E-state index contributed by atoms with van der Waals surface area (Å²) in [5.41, 5.74) is 1.72. The average molecular weight is 351 g/mol. The minimum absolute atomic E-state index is 0.232. The van der Waals surface area contributed by atoms with Gasteiger partial charge in [0.25, 0.3) is 5.91 Å². The third-order valence-electron chi connectivity index (χ3n) is 4.41. The van der Waals surface area contributed by atoms with Gasteiger partial charge in [-0.1, -0.05) is 17.7 Å². The number of carbonyl (C=O) groups excluding carboxylic acids is 1. The van der Waals surface area contributed by atoms with Crippen molar-refractivity contribution < 1.29 is 18.0 Å². The third-order valence-corrected chi connectivity index (χ3v) is 4.41. The zero-order chi connectivity index (χ0) is 18.0. The van der Waals surface area contributed by atoms with Gasteiger partial charge >= 0.3 is 6.18 Å². The van der Waals surface area contributed by atoms with Gasteiger partial charge in [-0.3, -0.25) is 9.48 Å². The minimum atomic E-state index is -4.43. The predicted octanol–water partition coefficient (Wildman–Crippen LogP) is 3.52. The lowest BCUT2D eigenvalue weighted by molar-refractivity contribution is -0.142. The van der Waals surface area contributed by atoms with Crippen LogP contribution >= 0.6 is 0 Å². The third kappa shape index (κ3) is 3.86. The molecular formula is C18H20F3N3O. The van der Waals surface area contributed by atoms with E-state index in [9.17, 15) is 18.0 Å². The van der Waals surface area contributed by atoms with Crippen LogP contribution in [0.25, 0.3) is 0 Å². The number of aryl methyl sites for hydroxylation is 1. The Hall–Kier alpha value is -2.31. The molecule has 0 aliphatic heterocycles. The molecule has 0 spiro atoms. The van der Waals surface area contributed by atoms with E-state index in [-0.39, 0.29) is 19.0 Å². The quantitative estimate of drug-likeness (QED) is 0.916. The van der Waals surface area contributed by atoms with Crippen LogP contribution in [0.1, 0.15) is 45.7 Å². The second kappa shape index (κ2) is 6.90. The number of halogens is 3. The van der Waals surface area contributed by atoms with Gasteiger partial charge in [0.1, 0.15) is 0 Å². The molecule has 0 saturated carbocycles. The van der Waals surface area contributed by atoms with E-state index >= 15 is 0 Å². The monoisotopic (exact) mass is 351 g/mol. The van der Waals surface area contributed by atoms with Gasteiger partial charge in [-0.25, -0.2) is 0 Å². The van der Waals surface area contributed by atoms with Gasteiger partial charge in [0.05, 0.1) is 6.54 Å². The standard InChI is InChI=1S/C18H20F3N3O/c1-12-5-4-6-13(11-12)17(25)22-9-10-24-15-8-3-2-7-14(15)16(23-24)18(19,20)21/h4-6,11H,2-3,7-10H2,1H3,(H,22,25). The summed E-state index contributed by atoms with van der Waals surface area (Å²) in [6, 6.07) is 7.17. The van der Waals surface area contributed by atoms with Crippen molar-refractivity contribution in [3.8, 4) is 0 Å². The van der Waals surface area contributed by atoms with Crippen molar-refractivity contribution in [3.63, 3.8) is 0 Å². The molecule has 1 aromatic heterocycles. The molecule has 0 radical (unpaired) electrons. The maximum Gasteiger partial charge on any atom is 0.435 e. The van der Waals surface area contributed by atoms with Crippen LogP contribution in [0.15, 0.2) is 24.3 Å². The number of carbonyl (C=O) groups is 1. The maximum atomic E-state index is 13.2. The molecule has 1 aliphatic carbocycles. The van der Waals surface area contributed by atoms with Crippen LogP contribution in [0.4, 0.5) is 13.2 Å². The van der Waals surface area contributed by atoms with Crippen molar-refractivity contribution in [3.05, 3.63) is 52.3 Å². The number of hydrogen-bond acceptors (Lipinski definition) is 2. The number of aromatic nitrogens is 2. The molecule has 1 heterocycles. The number of fused-ring (bicyclic) bond motifs is 1. The van der Waals surface area contributed by atoms with Crippen molar-refractivity contribution in [1.29, 1.82) is 0 Å². The van der Waals surface area contributed by atoms with E-state index in [0.717, 1.165) is 18.4 Å². The summed E-state index contributed by atoms with van der Waals surface area (Å²) in [6.07, 6.45) is -1.79. The number of hydrogen-bond donors (Lipinski definition) is 1. The van der Waals surface area contributed by atoms with E-state index in [1.54, 1.807) is 18.2 Å². The maximum absolute atomic E-state index is 13.2. The molecule has 1 aromatic carbocycles. The van der Waals surface area contributed by atoms with Gasteiger partial charge in [-0.2, -0.15) is 18.3 Å². The van der Waals surface area contributed by atoms with Gasteiger partial charge < -0.3 is 5.32 Å². The molecule has 25 heavy (non-hydrogen) atoms. The second-order valence-electron chi connectivity index (χ2n) is 6.33. The molecule has 1 N–H and O–H groups in total. The van der Waals surface area contributed by atoms with E-state index in [0.29, 0.717) is 29.7 Å². The Morgan fingerprint density at radius 2 is 2.04 bits per heavy atom. The van der Waals surface area contributed by atoms with E-state index in [2.05, 4.69) is 10.4 Å². The van der Waals surface area contributed by atoms with Crippen molar-refractivity contribution in [1.82, 2.24) is 15.1 Å². The predicted molar refractivity (Wildman–Crippen MR) is 87.4 cm³/mol. The van der Waals surface area contributed by atoms with Crippen LogP contribution in [-0.4, -0.2) is 22.2 Å². The topological polar surface area (TPSA) is 46.9 Å². The minimum Gasteiger partial charge on any atom is -0.350 e. The van der Waals surface area contributed by atoms with Gasteiger partial charge in [0.2, 0.25) is 0 Å². The molecule has 2 aromatic rings. The Morgan fingerprint density at radius 3 is 2.76 bits per heavy atom. The fraction of sp³-hybridized carbons (Fsp3) is 0.444. The fourth-order valence-electron chi connectivity index (χ4n) is 3.25. The number of rotatable bonds is 4. The number of benzene rings is 1. The van der Waals surface area contributed by atoms with Crippen molar-refractivity contribution >= 4 is 5.91 Å². The van der Waals surface area contributed by atoms with Gasteiger partial charge in [-0.05, 0) is 44.7 Å². The molecule has 0 fully saturated rings. The molecule has 3 rings (SSSR count). The van der Waals surface area contributed by atoms with Crippen LogP contribution in [0.5, 0.6) is 0 Å². The molecule has 1 aliphatic rings. The highest BCUT2D eigenvalue weighted by Gasteiger charge is 2.39. The normalized spacial score (nSPS) is 14.2. The SMILES string of the molecule is Cc1cccc(C(=O)NCCn2nc(C(F)(F)F)c3c2CCCC3)c1. The molecule has 134 valence electrons. The van der Waals surface area contributed by atoms with Crippen molar-refractivity contribution in [2.24, 2.45) is 0 Å². The summed E-state index contributed by atoms with van der Waals surface area (Å²) in [5, 5.41) is 6.54. The number of nitrogens with zero attached hydrogens (tertiary/aromatic N) is 2. The van der Waals surface area contributed by atoms with Crippen LogP contribution in [0.2, 0.25) is 0 Å². The molecule has 7 heteroatoms. The largest absolute Gasteiger partial charge is 0.435 e. The van der Waals surface area contributed by atoms with Gasteiger partial charge in [0, 0.05) is 23.4 Å². The summed E-state index contributed by atoms with van der Waals surface area (Å²) in [7, 11) is 0. The summed E-state index contributed by atoms with van der Waals surface area (Å²) < 4.78 is 40.9. The summed E-state index contributed by atoms with van der Waals surface area (Å²) >= 11 is 0. The first kappa shape index (κ1) is 17.5. The van der Waals surface area contributed by atoms with Crippen LogP contribution in [0, 0.1) is 6.92 Å². The Balaban J connectivity index is 1.69. The molecule has 4 nitrogen and oxygen atoms in total. The second-order valence-corrected chi connectivity index (χ2v) is 6.33. The first-order valence-electron chi connectivity index (χ1n) is 8.37. The van der Waals surface area contributed by atoms with E-state index in [4.69, 9.17) is 0 Å². The lowest BCUT2D eigenvalue weighted by Crippen LogP contribution is -2.28. The highest BCUT2D eigenvalue weighted by molar-refractivity contribution is 5.94. The Kier molecular flexibility index (Phi) is 4.83. The summed E-state index contributed by atoms with van der Waals surface area (Å²) in [5.74, 6) is -0.235. The fourth-order valence-corrected chi connectivity index (χ4v) is 3.25. The lowest BCUT2D eigenvalue weighted by atomic mass is 9.95. The Labute approximate surface area is 144 Å². The number of alkyl halides is 3. The van der Waals surface area contributed by atoms with Crippen LogP contribution < -0.4 is 5.32 Å². The van der Waals surface area contributed by atoms with Crippen molar-refractivity contribution in [2.45, 2.75) is 45.3 Å². The zero-order valence-corrected chi connectivity index (χ0v) is 14.0. The van der Waals surface area contributed by atoms with Crippen molar-refractivity contribution in [2.75, 3.05) is 6.54 Å². The van der Waals surface area contributed by atoms with E-state index in [1.807, 2.05) is 13.0 Å². The Morgan fingerprint density at radius 1 is 1.28 bits per heavy atom. The smallest absolute Gasteiger partial charge is 0.350 e. The number of nitrogens with one attached hydrogen (secondary N) is 1. The molecule has 0 bridgehead atoms. The number of amides is 1. The van der Waals surface area contributed by atoms with Crippen LogP contribution in [-0.2, 0) is 25.6 Å². The average Bonchev–Trinajstić information content (AvgIpc) is 2.94. The summed E-state index contributed by atoms with van der Waals surface area (Å²) in [4.78, 5) is 12.1. The highest BCUT2D eigenvalue weighted by atomic mass is 19.4. The Bertz CT molecular complexity index is 780. The first-order valence-corrected chi connectivity index (χ1v) is 8.37. The van der Waals surface area contributed by atoms with Gasteiger partial charge in [0.15, 0.2) is 5.69 Å². The van der Waals surface area contributed by atoms with Gasteiger partial charge in [-0.15, -0.1) is 0 Å². The lowest BCUT2D eigenvalue weighted by Gasteiger charge is -2.15. The highest BCUT2D eigenvalue weighted by Crippen LogP contribution is 2.35. The molecule has 0 saturated heterocycles. The van der Waals surface area contributed by atoms with Crippen LogP contribution in [0.3, 0.4) is 0 Å². The molecule has 0 atom stereocenters. The van der Waals surface area contributed by atoms with E-state index < -0.39 is 11.9 Å². The summed E-state index contributed by atoms with van der Waals surface area (Å²) in [6.45, 7) is 2.36. The molecular weight excluding hydrogens is 331 g/mol. The zero-order valence-electron chi connectivity index (χ0n) is 14.0. The van der Waals surface area contributed by atoms with E-state index in [1.165, 1.54) is 4.68 Å².